The quantitative estimate of drug-likeness (QED) is 0.364. The first kappa shape index (κ1) is 22.1. The molecule has 0 atom stereocenters. The van der Waals surface area contributed by atoms with Crippen LogP contribution in [0.4, 0.5) is 0 Å². The molecule has 3 heterocycles. The Bertz CT molecular complexity index is 1340. The van der Waals surface area contributed by atoms with Crippen molar-refractivity contribution >= 4 is 38.0 Å². The van der Waals surface area contributed by atoms with E-state index in [9.17, 15) is 4.79 Å². The van der Waals surface area contributed by atoms with Crippen LogP contribution in [-0.2, 0) is 17.8 Å². The van der Waals surface area contributed by atoms with E-state index in [0.29, 0.717) is 29.1 Å². The predicted octanol–water partition coefficient (Wildman–Crippen LogP) is 4.69. The fourth-order valence-electron chi connectivity index (χ4n) is 3.64. The largest absolute Gasteiger partial charge is 0.497 e. The number of aromatic nitrogens is 3. The predicted molar refractivity (Wildman–Crippen MR) is 129 cm³/mol. The van der Waals surface area contributed by atoms with Crippen LogP contribution >= 0.6 is 11.3 Å². The molecule has 0 aliphatic heterocycles. The van der Waals surface area contributed by atoms with E-state index in [2.05, 4.69) is 17.0 Å². The standard InChI is InChI=1S/C24H26N4O3S/c1-5-6-7-19-27-21-20-17(14-30-3)12-15(2)26-23(20)32-22(21)24(29)28(19)25-13-16-8-10-18(31-4)11-9-16/h8-13H,5-7,14H2,1-4H3/b25-13-. The van der Waals surface area contributed by atoms with E-state index >= 15 is 0 Å². The van der Waals surface area contributed by atoms with Gasteiger partial charge in [0.25, 0.3) is 5.56 Å². The van der Waals surface area contributed by atoms with Crippen LogP contribution < -0.4 is 10.3 Å². The van der Waals surface area contributed by atoms with Crippen molar-refractivity contribution in [3.05, 3.63) is 63.3 Å². The van der Waals surface area contributed by atoms with Crippen LogP contribution in [0.3, 0.4) is 0 Å². The van der Waals surface area contributed by atoms with E-state index in [4.69, 9.17) is 14.5 Å². The molecule has 0 N–H and O–H groups in total. The molecular formula is C24H26N4O3S. The van der Waals surface area contributed by atoms with E-state index in [1.165, 1.54) is 16.0 Å². The Labute approximate surface area is 190 Å². The molecule has 0 fully saturated rings. The number of thiophene rings is 1. The maximum atomic E-state index is 13.5. The maximum Gasteiger partial charge on any atom is 0.292 e. The van der Waals surface area contributed by atoms with Crippen LogP contribution in [0.15, 0.2) is 40.2 Å². The zero-order valence-corrected chi connectivity index (χ0v) is 19.5. The van der Waals surface area contributed by atoms with Gasteiger partial charge in [-0.15, -0.1) is 11.3 Å². The first-order chi connectivity index (χ1) is 15.5. The van der Waals surface area contributed by atoms with Gasteiger partial charge >= 0.3 is 0 Å². The van der Waals surface area contributed by atoms with Crippen molar-refractivity contribution < 1.29 is 9.47 Å². The molecule has 8 heteroatoms. The summed E-state index contributed by atoms with van der Waals surface area (Å²) >= 11 is 1.36. The summed E-state index contributed by atoms with van der Waals surface area (Å²) in [6.45, 7) is 4.50. The number of pyridine rings is 1. The van der Waals surface area contributed by atoms with Gasteiger partial charge in [-0.2, -0.15) is 9.78 Å². The fraction of sp³-hybridized carbons (Fsp3) is 0.333. The van der Waals surface area contributed by atoms with Crippen LogP contribution in [0.25, 0.3) is 20.4 Å². The summed E-state index contributed by atoms with van der Waals surface area (Å²) in [5.41, 5.74) is 3.27. The minimum atomic E-state index is -0.171. The third-order valence-electron chi connectivity index (χ3n) is 5.21. The average molecular weight is 451 g/mol. The van der Waals surface area contributed by atoms with Gasteiger partial charge in [0.15, 0.2) is 0 Å². The van der Waals surface area contributed by atoms with Crippen LogP contribution in [-0.4, -0.2) is 35.1 Å². The molecule has 0 radical (unpaired) electrons. The van der Waals surface area contributed by atoms with Crippen molar-refractivity contribution in [1.29, 1.82) is 0 Å². The van der Waals surface area contributed by atoms with Gasteiger partial charge in [-0.1, -0.05) is 13.3 Å². The molecule has 0 saturated carbocycles. The summed E-state index contributed by atoms with van der Waals surface area (Å²) in [7, 11) is 3.29. The number of rotatable bonds is 8. The highest BCUT2D eigenvalue weighted by Gasteiger charge is 2.19. The van der Waals surface area contributed by atoms with Crippen molar-refractivity contribution in [2.75, 3.05) is 14.2 Å². The zero-order valence-electron chi connectivity index (χ0n) is 18.7. The highest BCUT2D eigenvalue weighted by atomic mass is 32.1. The number of aryl methyl sites for hydroxylation is 2. The van der Waals surface area contributed by atoms with Gasteiger partial charge in [0, 0.05) is 24.6 Å². The Kier molecular flexibility index (Phi) is 6.62. The molecule has 4 rings (SSSR count). The van der Waals surface area contributed by atoms with Crippen molar-refractivity contribution in [2.24, 2.45) is 5.10 Å². The average Bonchev–Trinajstić information content (AvgIpc) is 3.16. The molecule has 0 bridgehead atoms. The number of unbranched alkanes of at least 4 members (excludes halogenated alkanes) is 1. The Morgan fingerprint density at radius 3 is 2.66 bits per heavy atom. The van der Waals surface area contributed by atoms with Crippen LogP contribution in [0.2, 0.25) is 0 Å². The Hall–Kier alpha value is -3.10. The highest BCUT2D eigenvalue weighted by molar-refractivity contribution is 7.25. The van der Waals surface area contributed by atoms with Crippen molar-refractivity contribution in [3.8, 4) is 5.75 Å². The number of hydrogen-bond acceptors (Lipinski definition) is 7. The smallest absolute Gasteiger partial charge is 0.292 e. The van der Waals surface area contributed by atoms with Crippen LogP contribution in [0, 0.1) is 6.92 Å². The lowest BCUT2D eigenvalue weighted by Gasteiger charge is -2.08. The molecule has 0 amide bonds. The summed E-state index contributed by atoms with van der Waals surface area (Å²) in [6.07, 6.45) is 4.25. The molecular weight excluding hydrogens is 424 g/mol. The molecule has 0 unspecified atom stereocenters. The second kappa shape index (κ2) is 9.58. The summed E-state index contributed by atoms with van der Waals surface area (Å²) < 4.78 is 12.6. The van der Waals surface area contributed by atoms with Gasteiger partial charge in [-0.05, 0) is 54.8 Å². The summed E-state index contributed by atoms with van der Waals surface area (Å²) in [4.78, 5) is 23.9. The molecule has 7 nitrogen and oxygen atoms in total. The minimum Gasteiger partial charge on any atom is -0.497 e. The second-order valence-electron chi connectivity index (χ2n) is 7.58. The first-order valence-corrected chi connectivity index (χ1v) is 11.4. The number of fused-ring (bicyclic) bond motifs is 3. The number of hydrogen-bond donors (Lipinski definition) is 0. The van der Waals surface area contributed by atoms with E-state index < -0.39 is 0 Å². The van der Waals surface area contributed by atoms with Crippen LogP contribution in [0.5, 0.6) is 5.75 Å². The van der Waals surface area contributed by atoms with E-state index in [1.807, 2.05) is 37.3 Å². The van der Waals surface area contributed by atoms with Gasteiger partial charge in [0.05, 0.1) is 25.4 Å². The Balaban J connectivity index is 1.90. The number of benzene rings is 1. The van der Waals surface area contributed by atoms with E-state index in [1.54, 1.807) is 20.4 Å². The molecule has 0 aliphatic carbocycles. The molecule has 4 aromatic rings. The lowest BCUT2D eigenvalue weighted by molar-refractivity contribution is 0.186. The van der Waals surface area contributed by atoms with E-state index in [-0.39, 0.29) is 5.56 Å². The summed E-state index contributed by atoms with van der Waals surface area (Å²) in [5.74, 6) is 1.42. The molecule has 1 aromatic carbocycles. The van der Waals surface area contributed by atoms with Gasteiger partial charge in [0.2, 0.25) is 0 Å². The lowest BCUT2D eigenvalue weighted by atomic mass is 10.1. The van der Waals surface area contributed by atoms with Gasteiger partial charge in [0.1, 0.15) is 21.1 Å². The maximum absolute atomic E-state index is 13.5. The Morgan fingerprint density at radius 1 is 1.19 bits per heavy atom. The monoisotopic (exact) mass is 450 g/mol. The molecule has 0 saturated heterocycles. The first-order valence-electron chi connectivity index (χ1n) is 10.6. The molecule has 166 valence electrons. The third kappa shape index (κ3) is 4.28. The zero-order chi connectivity index (χ0) is 22.7. The third-order valence-corrected chi connectivity index (χ3v) is 6.27. The fourth-order valence-corrected chi connectivity index (χ4v) is 4.77. The van der Waals surface area contributed by atoms with Crippen LogP contribution in [0.1, 0.15) is 42.4 Å². The number of methoxy groups -OCH3 is 2. The molecule has 0 aliphatic rings. The molecule has 32 heavy (non-hydrogen) atoms. The number of ether oxygens (including phenoxy) is 2. The number of nitrogens with zero attached hydrogens (tertiary/aromatic N) is 4. The highest BCUT2D eigenvalue weighted by Crippen LogP contribution is 2.33. The minimum absolute atomic E-state index is 0.171. The summed E-state index contributed by atoms with van der Waals surface area (Å²) in [6, 6.07) is 9.52. The Morgan fingerprint density at radius 2 is 1.97 bits per heavy atom. The van der Waals surface area contributed by atoms with Gasteiger partial charge in [-0.3, -0.25) is 4.79 Å². The SMILES string of the molecule is CCCCc1nc2c(sc3nc(C)cc(COC)c32)c(=O)n1/N=C\c1ccc(OC)cc1. The normalized spacial score (nSPS) is 11.8. The van der Waals surface area contributed by atoms with Crippen molar-refractivity contribution in [2.45, 2.75) is 39.7 Å². The van der Waals surface area contributed by atoms with Gasteiger partial charge < -0.3 is 9.47 Å². The van der Waals surface area contributed by atoms with Gasteiger partial charge in [-0.25, -0.2) is 9.97 Å². The molecule has 0 spiro atoms. The van der Waals surface area contributed by atoms with E-state index in [0.717, 1.165) is 45.6 Å². The topological polar surface area (TPSA) is 78.6 Å². The lowest BCUT2D eigenvalue weighted by Crippen LogP contribution is -2.21. The summed E-state index contributed by atoms with van der Waals surface area (Å²) in [5, 5.41) is 5.42. The molecule has 3 aromatic heterocycles. The van der Waals surface area contributed by atoms with Crippen molar-refractivity contribution in [3.63, 3.8) is 0 Å². The van der Waals surface area contributed by atoms with Crippen molar-refractivity contribution in [1.82, 2.24) is 14.6 Å². The second-order valence-corrected chi connectivity index (χ2v) is 8.58.